The summed E-state index contributed by atoms with van der Waals surface area (Å²) >= 11 is 0. The Kier molecular flexibility index (Phi) is 7.08. The molecule has 2 aromatic carbocycles. The molecule has 10 heteroatoms. The van der Waals surface area contributed by atoms with E-state index in [-0.39, 0.29) is 18.6 Å². The molecule has 5 aliphatic rings. The lowest BCUT2D eigenvalue weighted by molar-refractivity contribution is -0.413. The van der Waals surface area contributed by atoms with Crippen LogP contribution in [0.4, 0.5) is 0 Å². The Morgan fingerprint density at radius 2 is 1.64 bits per heavy atom. The largest absolute Gasteiger partial charge is 0.497 e. The summed E-state index contributed by atoms with van der Waals surface area (Å²) in [6, 6.07) is 15.7. The Bertz CT molecular complexity index is 1510. The number of benzene rings is 2. The Balaban J connectivity index is 1.44. The zero-order chi connectivity index (χ0) is 32.1. The van der Waals surface area contributed by atoms with Crippen molar-refractivity contribution < 1.29 is 48.9 Å². The van der Waals surface area contributed by atoms with Crippen molar-refractivity contribution in [1.29, 1.82) is 0 Å². The lowest BCUT2D eigenvalue weighted by Crippen LogP contribution is -2.82. The number of fused-ring (bicyclic) bond motifs is 4. The third-order valence-corrected chi connectivity index (χ3v) is 11.7. The average Bonchev–Trinajstić information content (AvgIpc) is 3.01. The number of hydrogen-bond donors (Lipinski definition) is 4. The molecule has 2 aromatic rings. The number of aliphatic hydroxyl groups is 4. The first-order valence-electron chi connectivity index (χ1n) is 15.6. The summed E-state index contributed by atoms with van der Waals surface area (Å²) in [5.41, 5.74) is -3.93. The molecule has 0 aromatic heterocycles. The molecule has 2 saturated heterocycles. The molecule has 4 N–H and O–H groups in total. The number of methoxy groups -OCH3 is 1. The second-order valence-electron chi connectivity index (χ2n) is 14.2. The maximum Gasteiger partial charge on any atom is 0.338 e. The van der Waals surface area contributed by atoms with Crippen molar-refractivity contribution >= 4 is 5.97 Å². The summed E-state index contributed by atoms with van der Waals surface area (Å²) in [7, 11) is 1.58. The molecular weight excluding hydrogens is 580 g/mol. The quantitative estimate of drug-likeness (QED) is 0.297. The van der Waals surface area contributed by atoms with Crippen molar-refractivity contribution in [2.75, 3.05) is 13.7 Å². The molecule has 0 amide bonds. The lowest BCUT2D eigenvalue weighted by Gasteiger charge is -2.70. The van der Waals surface area contributed by atoms with Crippen LogP contribution in [0.2, 0.25) is 0 Å². The first-order chi connectivity index (χ1) is 21.3. The van der Waals surface area contributed by atoms with Gasteiger partial charge in [-0.05, 0) is 42.3 Å². The fraction of sp³-hybridized carbons (Fsp3) is 0.571. The summed E-state index contributed by atoms with van der Waals surface area (Å²) in [4.78, 5) is 13.8. The second kappa shape index (κ2) is 10.3. The fourth-order valence-corrected chi connectivity index (χ4v) is 9.10. The van der Waals surface area contributed by atoms with Crippen LogP contribution in [0.1, 0.15) is 62.7 Å². The van der Waals surface area contributed by atoms with Crippen molar-refractivity contribution in [3.8, 4) is 5.75 Å². The van der Waals surface area contributed by atoms with E-state index in [2.05, 4.69) is 0 Å². The maximum atomic E-state index is 13.8. The summed E-state index contributed by atoms with van der Waals surface area (Å²) < 4.78 is 31.0. The van der Waals surface area contributed by atoms with E-state index in [1.807, 2.05) is 19.1 Å². The van der Waals surface area contributed by atoms with Crippen LogP contribution in [0.25, 0.3) is 0 Å². The molecule has 11 atom stereocenters. The van der Waals surface area contributed by atoms with Gasteiger partial charge in [-0.15, -0.1) is 0 Å². The van der Waals surface area contributed by atoms with Crippen LogP contribution < -0.4 is 4.74 Å². The summed E-state index contributed by atoms with van der Waals surface area (Å²) in [5, 5.41) is 49.2. The predicted molar refractivity (Wildman–Crippen MR) is 160 cm³/mol. The molecule has 2 aliphatic heterocycles. The predicted octanol–water partition coefficient (Wildman–Crippen LogP) is 3.07. The van der Waals surface area contributed by atoms with Crippen LogP contribution in [0.15, 0.2) is 65.7 Å². The van der Waals surface area contributed by atoms with Gasteiger partial charge in [-0.3, -0.25) is 0 Å². The van der Waals surface area contributed by atoms with Crippen LogP contribution in [0.3, 0.4) is 0 Å². The normalized spacial score (nSPS) is 43.1. The maximum absolute atomic E-state index is 13.8. The first-order valence-corrected chi connectivity index (χ1v) is 15.6. The van der Waals surface area contributed by atoms with Gasteiger partial charge in [-0.2, -0.15) is 0 Å². The third kappa shape index (κ3) is 4.16. The fourth-order valence-electron chi connectivity index (χ4n) is 9.10. The van der Waals surface area contributed by atoms with Gasteiger partial charge in [0.05, 0.1) is 43.7 Å². The smallest absolute Gasteiger partial charge is 0.338 e. The van der Waals surface area contributed by atoms with Crippen LogP contribution >= 0.6 is 0 Å². The number of aliphatic hydroxyl groups excluding tert-OH is 2. The molecule has 0 radical (unpaired) electrons. The van der Waals surface area contributed by atoms with E-state index in [0.717, 1.165) is 0 Å². The van der Waals surface area contributed by atoms with E-state index >= 15 is 0 Å². The molecule has 0 spiro atoms. The van der Waals surface area contributed by atoms with E-state index < -0.39 is 76.8 Å². The molecule has 3 aliphatic carbocycles. The Morgan fingerprint density at radius 1 is 0.956 bits per heavy atom. The SMILES string of the molecule is COc1ccc(C2O[C@H]3C[C@H]4OC[C@@]4(O)[C@H]4[C@H](OC(=O)c5ccccc5)[C@]5(O)C[C@H](O)C(C)=C([C@H](O)[C@H](O2)[C@]34C)C5(C)C)cc1. The van der Waals surface area contributed by atoms with Crippen molar-refractivity contribution in [2.45, 2.75) is 94.7 Å². The molecule has 7 rings (SSSR count). The van der Waals surface area contributed by atoms with E-state index in [1.54, 1.807) is 70.3 Å². The molecule has 2 bridgehead atoms. The van der Waals surface area contributed by atoms with Crippen molar-refractivity contribution in [2.24, 2.45) is 16.7 Å². The molecule has 2 heterocycles. The van der Waals surface area contributed by atoms with E-state index in [1.165, 1.54) is 0 Å². The highest BCUT2D eigenvalue weighted by Gasteiger charge is 2.77. The van der Waals surface area contributed by atoms with Gasteiger partial charge in [0.1, 0.15) is 29.2 Å². The third-order valence-electron chi connectivity index (χ3n) is 11.7. The average molecular weight is 623 g/mol. The number of hydrogen-bond acceptors (Lipinski definition) is 10. The van der Waals surface area contributed by atoms with Crippen LogP contribution in [0.5, 0.6) is 5.75 Å². The number of esters is 1. The van der Waals surface area contributed by atoms with Crippen LogP contribution in [0, 0.1) is 16.7 Å². The highest BCUT2D eigenvalue weighted by molar-refractivity contribution is 5.89. The number of carbonyl (C=O) groups is 1. The molecule has 10 nitrogen and oxygen atoms in total. The standard InChI is InChI=1S/C35H42O10/c1-18-22(36)16-35(40)29(44-30(38)19-9-7-6-8-10-19)27-33(4)23(15-24-34(27,39)17-42-24)43-31(20-11-13-21(41-5)14-12-20)45-28(33)26(37)25(18)32(35,2)3/h6-14,22-24,26-29,31,36-37,39-40H,15-17H2,1-5H3/t22-,23-,24+,26-,27-,28-,29-,31?,33+,34-,35+/m0/s1. The monoisotopic (exact) mass is 622 g/mol. The second-order valence-corrected chi connectivity index (χ2v) is 14.2. The molecular formula is C35H42O10. The number of rotatable bonds is 4. The Hall–Kier alpha value is -2.83. The Morgan fingerprint density at radius 3 is 2.27 bits per heavy atom. The van der Waals surface area contributed by atoms with E-state index in [0.29, 0.717) is 28.9 Å². The first kappa shape index (κ1) is 30.8. The molecule has 45 heavy (non-hydrogen) atoms. The van der Waals surface area contributed by atoms with Crippen molar-refractivity contribution in [1.82, 2.24) is 0 Å². The van der Waals surface area contributed by atoms with Gasteiger partial charge in [0.25, 0.3) is 0 Å². The van der Waals surface area contributed by atoms with E-state index in [4.69, 9.17) is 23.7 Å². The van der Waals surface area contributed by atoms with Gasteiger partial charge in [0.2, 0.25) is 0 Å². The van der Waals surface area contributed by atoms with Gasteiger partial charge in [0.15, 0.2) is 6.29 Å². The zero-order valence-corrected chi connectivity index (χ0v) is 26.2. The highest BCUT2D eigenvalue weighted by Crippen LogP contribution is 2.66. The summed E-state index contributed by atoms with van der Waals surface area (Å²) in [6.45, 7) is 7.13. The summed E-state index contributed by atoms with van der Waals surface area (Å²) in [5.74, 6) is -1.02. The number of ether oxygens (including phenoxy) is 5. The van der Waals surface area contributed by atoms with Crippen LogP contribution in [-0.2, 0) is 18.9 Å². The van der Waals surface area contributed by atoms with E-state index in [9.17, 15) is 25.2 Å². The van der Waals surface area contributed by atoms with Crippen molar-refractivity contribution in [3.63, 3.8) is 0 Å². The van der Waals surface area contributed by atoms with Crippen molar-refractivity contribution in [3.05, 3.63) is 76.9 Å². The lowest BCUT2D eigenvalue weighted by atomic mass is 9.44. The molecule has 1 unspecified atom stereocenters. The molecule has 242 valence electrons. The number of carbonyl (C=O) groups excluding carboxylic acids is 1. The van der Waals surface area contributed by atoms with Gasteiger partial charge in [0, 0.05) is 35.2 Å². The topological polar surface area (TPSA) is 144 Å². The minimum absolute atomic E-state index is 0.0600. The molecule has 4 fully saturated rings. The molecule has 2 saturated carbocycles. The highest BCUT2D eigenvalue weighted by atomic mass is 16.7. The van der Waals surface area contributed by atoms with Crippen LogP contribution in [-0.4, -0.2) is 87.9 Å². The summed E-state index contributed by atoms with van der Waals surface area (Å²) in [6.07, 6.45) is -6.86. The van der Waals surface area contributed by atoms with Gasteiger partial charge >= 0.3 is 5.97 Å². The van der Waals surface area contributed by atoms with Gasteiger partial charge in [-0.1, -0.05) is 51.1 Å². The minimum Gasteiger partial charge on any atom is -0.497 e. The van der Waals surface area contributed by atoms with Gasteiger partial charge in [-0.25, -0.2) is 4.79 Å². The Labute approximate surface area is 262 Å². The minimum atomic E-state index is -1.91. The zero-order valence-electron chi connectivity index (χ0n) is 26.2. The van der Waals surface area contributed by atoms with Gasteiger partial charge < -0.3 is 44.1 Å².